The molecule has 0 atom stereocenters. The third-order valence-electron chi connectivity index (χ3n) is 5.61. The molecule has 0 spiro atoms. The lowest BCUT2D eigenvalue weighted by atomic mass is 10.2. The largest absolute Gasteiger partial charge is 0.494 e. The first-order valence-corrected chi connectivity index (χ1v) is 12.5. The number of anilines is 1. The van der Waals surface area contributed by atoms with Gasteiger partial charge in [0.2, 0.25) is 0 Å². The van der Waals surface area contributed by atoms with Gasteiger partial charge in [-0.2, -0.15) is 4.80 Å². The molecule has 5 aromatic rings. The molecule has 8 nitrogen and oxygen atoms in total. The molecule has 1 aromatic heterocycles. The zero-order valence-electron chi connectivity index (χ0n) is 20.6. The first-order valence-electron chi connectivity index (χ1n) is 12.1. The highest BCUT2D eigenvalue weighted by atomic mass is 32.1. The molecule has 0 saturated heterocycles. The number of carbonyl (C=O) groups is 1. The van der Waals surface area contributed by atoms with Gasteiger partial charge in [-0.3, -0.25) is 10.1 Å². The number of amides is 1. The Balaban J connectivity index is 1.18. The van der Waals surface area contributed by atoms with Crippen molar-refractivity contribution >= 4 is 40.0 Å². The fraction of sp³-hybridized carbons (Fsp3) is 0.103. The number of hydrogen-bond donors (Lipinski definition) is 2. The van der Waals surface area contributed by atoms with Crippen LogP contribution >= 0.6 is 12.2 Å². The Morgan fingerprint density at radius 2 is 1.53 bits per heavy atom. The monoisotopic (exact) mass is 523 g/mol. The SMILES string of the molecule is CCOc1ccc(-n2nc3ccc(NC(=S)NC(=O)c4ccc(OCc5ccccc5)cc4)cc3n2)cc1. The topological polar surface area (TPSA) is 90.3 Å². The van der Waals surface area contributed by atoms with Crippen LogP contribution in [0.15, 0.2) is 97.1 Å². The molecular weight excluding hydrogens is 498 g/mol. The Morgan fingerprint density at radius 1 is 0.842 bits per heavy atom. The number of nitrogens with one attached hydrogen (secondary N) is 2. The van der Waals surface area contributed by atoms with Crippen LogP contribution in [-0.4, -0.2) is 32.6 Å². The van der Waals surface area contributed by atoms with E-state index in [-0.39, 0.29) is 11.0 Å². The zero-order chi connectivity index (χ0) is 26.3. The molecule has 0 saturated carbocycles. The molecule has 5 rings (SSSR count). The van der Waals surface area contributed by atoms with Crippen molar-refractivity contribution < 1.29 is 14.3 Å². The zero-order valence-corrected chi connectivity index (χ0v) is 21.4. The van der Waals surface area contributed by atoms with Crippen molar-refractivity contribution in [1.82, 2.24) is 20.3 Å². The van der Waals surface area contributed by atoms with E-state index in [4.69, 9.17) is 21.7 Å². The van der Waals surface area contributed by atoms with Crippen molar-refractivity contribution in [1.29, 1.82) is 0 Å². The highest BCUT2D eigenvalue weighted by Crippen LogP contribution is 2.20. The molecule has 0 radical (unpaired) electrons. The van der Waals surface area contributed by atoms with Crippen LogP contribution < -0.4 is 20.1 Å². The summed E-state index contributed by atoms with van der Waals surface area (Å²) in [4.78, 5) is 14.2. The van der Waals surface area contributed by atoms with Gasteiger partial charge in [0.15, 0.2) is 5.11 Å². The number of benzene rings is 4. The molecule has 0 aliphatic rings. The summed E-state index contributed by atoms with van der Waals surface area (Å²) in [5.74, 6) is 1.15. The number of fused-ring (bicyclic) bond motifs is 1. The van der Waals surface area contributed by atoms with Crippen molar-refractivity contribution in [2.24, 2.45) is 0 Å². The summed E-state index contributed by atoms with van der Waals surface area (Å²) < 4.78 is 11.3. The van der Waals surface area contributed by atoms with Gasteiger partial charge < -0.3 is 14.8 Å². The summed E-state index contributed by atoms with van der Waals surface area (Å²) in [6.45, 7) is 3.01. The molecule has 38 heavy (non-hydrogen) atoms. The second-order valence-electron chi connectivity index (χ2n) is 8.33. The molecule has 4 aromatic carbocycles. The number of rotatable bonds is 8. The van der Waals surface area contributed by atoms with E-state index >= 15 is 0 Å². The van der Waals surface area contributed by atoms with Crippen LogP contribution in [0.5, 0.6) is 11.5 Å². The number of thiocarbonyl (C=S) groups is 1. The van der Waals surface area contributed by atoms with Crippen molar-refractivity contribution in [3.8, 4) is 17.2 Å². The van der Waals surface area contributed by atoms with Gasteiger partial charge >= 0.3 is 0 Å². The van der Waals surface area contributed by atoms with E-state index in [0.717, 1.165) is 22.5 Å². The fourth-order valence-electron chi connectivity index (χ4n) is 3.73. The maximum atomic E-state index is 12.7. The molecule has 0 fully saturated rings. The molecule has 0 aliphatic heterocycles. The summed E-state index contributed by atoms with van der Waals surface area (Å²) in [6, 6.07) is 29.9. The number of carbonyl (C=O) groups excluding carboxylic acids is 1. The van der Waals surface area contributed by atoms with Crippen LogP contribution in [0.3, 0.4) is 0 Å². The quantitative estimate of drug-likeness (QED) is 0.259. The van der Waals surface area contributed by atoms with Crippen molar-refractivity contribution in [2.75, 3.05) is 11.9 Å². The minimum atomic E-state index is -0.320. The van der Waals surface area contributed by atoms with Crippen LogP contribution in [0, 0.1) is 0 Å². The Morgan fingerprint density at radius 3 is 2.26 bits per heavy atom. The Kier molecular flexibility index (Phi) is 7.56. The van der Waals surface area contributed by atoms with Gasteiger partial charge in [0, 0.05) is 11.3 Å². The normalized spacial score (nSPS) is 10.7. The molecule has 1 heterocycles. The van der Waals surface area contributed by atoms with Crippen LogP contribution in [0.25, 0.3) is 16.7 Å². The molecule has 2 N–H and O–H groups in total. The van der Waals surface area contributed by atoms with Gasteiger partial charge in [-0.05, 0) is 91.4 Å². The maximum Gasteiger partial charge on any atom is 0.257 e. The second kappa shape index (κ2) is 11.5. The van der Waals surface area contributed by atoms with Crippen LogP contribution in [0.1, 0.15) is 22.8 Å². The lowest BCUT2D eigenvalue weighted by Crippen LogP contribution is -2.34. The molecule has 0 bridgehead atoms. The molecular formula is C29H25N5O3S. The van der Waals surface area contributed by atoms with E-state index in [2.05, 4.69) is 20.8 Å². The first-order chi connectivity index (χ1) is 18.6. The fourth-order valence-corrected chi connectivity index (χ4v) is 3.94. The molecule has 0 aliphatic carbocycles. The Hall–Kier alpha value is -4.76. The van der Waals surface area contributed by atoms with Gasteiger partial charge in [-0.15, -0.1) is 10.2 Å². The van der Waals surface area contributed by atoms with Gasteiger partial charge in [0.05, 0.1) is 12.3 Å². The minimum absolute atomic E-state index is 0.178. The molecule has 9 heteroatoms. The Bertz CT molecular complexity index is 1550. The summed E-state index contributed by atoms with van der Waals surface area (Å²) in [7, 11) is 0. The van der Waals surface area contributed by atoms with Crippen molar-refractivity contribution in [3.05, 3.63) is 108 Å². The van der Waals surface area contributed by atoms with Crippen molar-refractivity contribution in [2.45, 2.75) is 13.5 Å². The lowest BCUT2D eigenvalue weighted by molar-refractivity contribution is 0.0977. The molecule has 0 unspecified atom stereocenters. The van der Waals surface area contributed by atoms with Gasteiger partial charge in [-0.25, -0.2) is 0 Å². The predicted molar refractivity (Wildman–Crippen MR) is 151 cm³/mol. The van der Waals surface area contributed by atoms with Crippen LogP contribution in [0.4, 0.5) is 5.69 Å². The van der Waals surface area contributed by atoms with Gasteiger partial charge in [0.25, 0.3) is 5.91 Å². The predicted octanol–water partition coefficient (Wildman–Crippen LogP) is 5.53. The van der Waals surface area contributed by atoms with E-state index in [9.17, 15) is 4.79 Å². The number of nitrogens with zero attached hydrogens (tertiary/aromatic N) is 3. The second-order valence-corrected chi connectivity index (χ2v) is 8.73. The number of ether oxygens (including phenoxy) is 2. The molecule has 190 valence electrons. The number of hydrogen-bond acceptors (Lipinski definition) is 6. The average molecular weight is 524 g/mol. The minimum Gasteiger partial charge on any atom is -0.494 e. The maximum absolute atomic E-state index is 12.7. The van der Waals surface area contributed by atoms with Crippen molar-refractivity contribution in [3.63, 3.8) is 0 Å². The third kappa shape index (κ3) is 6.13. The lowest BCUT2D eigenvalue weighted by Gasteiger charge is -2.10. The summed E-state index contributed by atoms with van der Waals surface area (Å²) in [5.41, 5.74) is 4.46. The van der Waals surface area contributed by atoms with E-state index < -0.39 is 0 Å². The molecule has 1 amide bonds. The smallest absolute Gasteiger partial charge is 0.257 e. The average Bonchev–Trinajstić information content (AvgIpc) is 3.37. The van der Waals surface area contributed by atoms with Crippen LogP contribution in [-0.2, 0) is 6.61 Å². The van der Waals surface area contributed by atoms with E-state index in [1.807, 2.05) is 79.7 Å². The van der Waals surface area contributed by atoms with Gasteiger partial charge in [-0.1, -0.05) is 30.3 Å². The van der Waals surface area contributed by atoms with Gasteiger partial charge in [0.1, 0.15) is 29.1 Å². The highest BCUT2D eigenvalue weighted by Gasteiger charge is 2.10. The van der Waals surface area contributed by atoms with E-state index in [0.29, 0.717) is 35.7 Å². The summed E-state index contributed by atoms with van der Waals surface area (Å²) in [6.07, 6.45) is 0. The van der Waals surface area contributed by atoms with Crippen LogP contribution in [0.2, 0.25) is 0 Å². The first kappa shape index (κ1) is 24.9. The Labute approximate surface area is 225 Å². The summed E-state index contributed by atoms with van der Waals surface area (Å²) in [5, 5.41) is 15.0. The van der Waals surface area contributed by atoms with E-state index in [1.165, 1.54) is 0 Å². The summed E-state index contributed by atoms with van der Waals surface area (Å²) >= 11 is 5.35. The standard InChI is InChI=1S/C29H25N5O3S/c1-2-36-24-15-11-23(12-16-24)34-32-26-17-10-22(18-27(26)33-34)30-29(38)31-28(35)21-8-13-25(14-9-21)37-19-20-6-4-3-5-7-20/h3-18H,2,19H2,1H3,(H2,30,31,35,38). The highest BCUT2D eigenvalue weighted by molar-refractivity contribution is 7.80. The third-order valence-corrected chi connectivity index (χ3v) is 5.81. The number of aromatic nitrogens is 3. The van der Waals surface area contributed by atoms with E-state index in [1.54, 1.807) is 29.1 Å².